The van der Waals surface area contributed by atoms with E-state index in [2.05, 4.69) is 14.3 Å². The zero-order valence-electron chi connectivity index (χ0n) is 11.6. The molecule has 1 aliphatic carbocycles. The van der Waals surface area contributed by atoms with Gasteiger partial charge in [-0.15, -0.1) is 0 Å². The number of fused-ring (bicyclic) bond motifs is 1. The van der Waals surface area contributed by atoms with Crippen LogP contribution in [0.25, 0.3) is 0 Å². The van der Waals surface area contributed by atoms with Crippen LogP contribution in [0, 0.1) is 11.8 Å². The number of hydrogen-bond donors (Lipinski definition) is 1. The fraction of sp³-hybridized carbons (Fsp3) is 0.846. The highest BCUT2D eigenvalue weighted by molar-refractivity contribution is 7.09. The first kappa shape index (κ1) is 13.3. The molecule has 2 N–H and O–H groups in total. The van der Waals surface area contributed by atoms with Crippen LogP contribution in [0.2, 0.25) is 0 Å². The van der Waals surface area contributed by atoms with Crippen molar-refractivity contribution in [3.63, 3.8) is 0 Å². The number of rotatable bonds is 3. The Bertz CT molecular complexity index is 438. The lowest BCUT2D eigenvalue weighted by Crippen LogP contribution is -2.38. The van der Waals surface area contributed by atoms with Gasteiger partial charge in [0.05, 0.1) is 0 Å². The second kappa shape index (κ2) is 5.34. The molecule has 1 saturated carbocycles. The predicted octanol–water partition coefficient (Wildman–Crippen LogP) is 1.81. The van der Waals surface area contributed by atoms with Gasteiger partial charge in [0.25, 0.3) is 0 Å². The van der Waals surface area contributed by atoms with Crippen molar-refractivity contribution in [2.45, 2.75) is 38.3 Å². The van der Waals surface area contributed by atoms with Gasteiger partial charge >= 0.3 is 0 Å². The van der Waals surface area contributed by atoms with Gasteiger partial charge in [-0.2, -0.15) is 4.37 Å². The zero-order chi connectivity index (χ0) is 13.4. The van der Waals surface area contributed by atoms with Crippen LogP contribution in [0.3, 0.4) is 0 Å². The van der Waals surface area contributed by atoms with Crippen molar-refractivity contribution in [1.82, 2.24) is 9.36 Å². The van der Waals surface area contributed by atoms with E-state index in [9.17, 15) is 0 Å². The Morgan fingerprint density at radius 3 is 3.00 bits per heavy atom. The summed E-state index contributed by atoms with van der Waals surface area (Å²) in [6.45, 7) is 4.11. The summed E-state index contributed by atoms with van der Waals surface area (Å²) in [6, 6.07) is 0.369. The molecule has 0 amide bonds. The van der Waals surface area contributed by atoms with Crippen LogP contribution >= 0.6 is 11.5 Å². The lowest BCUT2D eigenvalue weighted by molar-refractivity contribution is 0.113. The third kappa shape index (κ3) is 2.49. The Morgan fingerprint density at radius 2 is 2.26 bits per heavy atom. The van der Waals surface area contributed by atoms with Gasteiger partial charge in [-0.25, -0.2) is 4.98 Å². The molecule has 3 rings (SSSR count). The van der Waals surface area contributed by atoms with Crippen molar-refractivity contribution in [3.05, 3.63) is 5.82 Å². The molecule has 19 heavy (non-hydrogen) atoms. The molecule has 2 aliphatic rings. The Morgan fingerprint density at radius 1 is 1.42 bits per heavy atom. The van der Waals surface area contributed by atoms with E-state index in [1.165, 1.54) is 30.8 Å². The summed E-state index contributed by atoms with van der Waals surface area (Å²) < 4.78 is 9.67. The molecule has 0 radical (unpaired) electrons. The van der Waals surface area contributed by atoms with Crippen LogP contribution in [0.1, 0.15) is 38.1 Å². The lowest BCUT2D eigenvalue weighted by Gasteiger charge is -2.29. The Balaban J connectivity index is 1.72. The van der Waals surface area contributed by atoms with E-state index in [0.29, 0.717) is 12.0 Å². The van der Waals surface area contributed by atoms with E-state index in [-0.39, 0.29) is 6.10 Å². The fourth-order valence-corrected chi connectivity index (χ4v) is 4.06. The normalized spacial score (nSPS) is 32.4. The highest BCUT2D eigenvalue weighted by Crippen LogP contribution is 2.38. The Labute approximate surface area is 118 Å². The maximum absolute atomic E-state index is 6.26. The van der Waals surface area contributed by atoms with Crippen LogP contribution in [0.5, 0.6) is 0 Å². The van der Waals surface area contributed by atoms with Gasteiger partial charge in [0.2, 0.25) is 5.13 Å². The number of aromatic nitrogens is 2. The highest BCUT2D eigenvalue weighted by Gasteiger charge is 2.39. The second-order valence-electron chi connectivity index (χ2n) is 5.74. The molecule has 0 bridgehead atoms. The van der Waals surface area contributed by atoms with Crippen LogP contribution < -0.4 is 10.6 Å². The van der Waals surface area contributed by atoms with Gasteiger partial charge in [-0.1, -0.05) is 6.42 Å². The number of nitrogens with two attached hydrogens (primary N) is 1. The van der Waals surface area contributed by atoms with Gasteiger partial charge in [0.1, 0.15) is 6.10 Å². The Kier molecular flexibility index (Phi) is 3.73. The van der Waals surface area contributed by atoms with Gasteiger partial charge in [-0.05, 0) is 31.6 Å². The molecule has 1 aromatic heterocycles. The molecule has 2 heterocycles. The molecule has 1 saturated heterocycles. The molecule has 0 aromatic carbocycles. The minimum absolute atomic E-state index is 0.0304. The second-order valence-corrected chi connectivity index (χ2v) is 6.47. The predicted molar refractivity (Wildman–Crippen MR) is 76.4 cm³/mol. The quantitative estimate of drug-likeness (QED) is 0.916. The fourth-order valence-electron chi connectivity index (χ4n) is 3.30. The maximum Gasteiger partial charge on any atom is 0.205 e. The van der Waals surface area contributed by atoms with Crippen molar-refractivity contribution >= 4 is 16.7 Å². The SMILES string of the molecule is COC(C)c1nsc(N2CC3CCCC(N)C3C2)n1. The van der Waals surface area contributed by atoms with Crippen molar-refractivity contribution < 1.29 is 4.74 Å². The van der Waals surface area contributed by atoms with Gasteiger partial charge < -0.3 is 15.4 Å². The van der Waals surface area contributed by atoms with E-state index in [1.807, 2.05) is 6.92 Å². The van der Waals surface area contributed by atoms with Crippen LogP contribution in [0.4, 0.5) is 5.13 Å². The van der Waals surface area contributed by atoms with Crippen molar-refractivity contribution in [2.24, 2.45) is 17.6 Å². The zero-order valence-corrected chi connectivity index (χ0v) is 12.4. The van der Waals surface area contributed by atoms with Crippen LogP contribution in [-0.4, -0.2) is 35.6 Å². The molecule has 4 atom stereocenters. The number of nitrogens with zero attached hydrogens (tertiary/aromatic N) is 3. The lowest BCUT2D eigenvalue weighted by atomic mass is 9.78. The average molecular weight is 282 g/mol. The monoisotopic (exact) mass is 282 g/mol. The standard InChI is InChI=1S/C13H22N4OS/c1-8(18-2)12-15-13(19-16-12)17-6-9-4-3-5-11(14)10(9)7-17/h8-11H,3-7,14H2,1-2H3. The topological polar surface area (TPSA) is 64.3 Å². The first-order chi connectivity index (χ1) is 9.19. The van der Waals surface area contributed by atoms with Crippen LogP contribution in [-0.2, 0) is 4.74 Å². The molecule has 5 nitrogen and oxygen atoms in total. The summed E-state index contributed by atoms with van der Waals surface area (Å²) in [7, 11) is 1.69. The first-order valence-electron chi connectivity index (χ1n) is 7.06. The molecule has 106 valence electrons. The Hall–Kier alpha value is -0.720. The summed E-state index contributed by atoms with van der Waals surface area (Å²) in [5, 5.41) is 1.03. The smallest absolute Gasteiger partial charge is 0.205 e. The van der Waals surface area contributed by atoms with E-state index < -0.39 is 0 Å². The minimum atomic E-state index is -0.0304. The van der Waals surface area contributed by atoms with E-state index in [0.717, 1.165) is 30.0 Å². The van der Waals surface area contributed by atoms with Gasteiger partial charge in [-0.3, -0.25) is 0 Å². The van der Waals surface area contributed by atoms with E-state index in [4.69, 9.17) is 10.5 Å². The molecule has 2 fully saturated rings. The highest BCUT2D eigenvalue weighted by atomic mass is 32.1. The summed E-state index contributed by atoms with van der Waals surface area (Å²) in [4.78, 5) is 6.98. The third-order valence-electron chi connectivity index (χ3n) is 4.57. The first-order valence-corrected chi connectivity index (χ1v) is 7.83. The number of hydrogen-bond acceptors (Lipinski definition) is 6. The van der Waals surface area contributed by atoms with Crippen molar-refractivity contribution in [2.75, 3.05) is 25.1 Å². The molecule has 4 unspecified atom stereocenters. The molecule has 0 spiro atoms. The third-order valence-corrected chi connectivity index (χ3v) is 5.36. The maximum atomic E-state index is 6.26. The molecular weight excluding hydrogens is 260 g/mol. The minimum Gasteiger partial charge on any atom is -0.374 e. The van der Waals surface area contributed by atoms with Gasteiger partial charge in [0.15, 0.2) is 5.82 Å². The van der Waals surface area contributed by atoms with E-state index in [1.54, 1.807) is 7.11 Å². The molecule has 1 aromatic rings. The number of ether oxygens (including phenoxy) is 1. The summed E-state index contributed by atoms with van der Waals surface area (Å²) in [5.41, 5.74) is 6.26. The molecular formula is C13H22N4OS. The summed E-state index contributed by atoms with van der Waals surface area (Å²) in [5.74, 6) is 2.18. The van der Waals surface area contributed by atoms with E-state index >= 15 is 0 Å². The van der Waals surface area contributed by atoms with Crippen LogP contribution in [0.15, 0.2) is 0 Å². The summed E-state index contributed by atoms with van der Waals surface area (Å²) >= 11 is 1.48. The van der Waals surface area contributed by atoms with Crippen molar-refractivity contribution in [1.29, 1.82) is 0 Å². The van der Waals surface area contributed by atoms with Crippen molar-refractivity contribution in [3.8, 4) is 0 Å². The summed E-state index contributed by atoms with van der Waals surface area (Å²) in [6.07, 6.45) is 3.74. The molecule has 6 heteroatoms. The molecule has 1 aliphatic heterocycles. The largest absolute Gasteiger partial charge is 0.374 e. The number of anilines is 1. The number of methoxy groups -OCH3 is 1. The average Bonchev–Trinajstić information content (AvgIpc) is 3.04. The van der Waals surface area contributed by atoms with Gasteiger partial charge in [0, 0.05) is 37.8 Å².